The molecule has 3 rings (SSSR count). The second-order valence-electron chi connectivity index (χ2n) is 5.72. The van der Waals surface area contributed by atoms with Crippen molar-refractivity contribution < 1.29 is 0 Å². The van der Waals surface area contributed by atoms with Gasteiger partial charge in [0.15, 0.2) is 0 Å². The van der Waals surface area contributed by atoms with E-state index in [4.69, 9.17) is 23.2 Å². The Morgan fingerprint density at radius 2 is 2.13 bits per heavy atom. The molecule has 122 valence electrons. The molecule has 0 bridgehead atoms. The topological polar surface area (TPSA) is 41.1 Å². The summed E-state index contributed by atoms with van der Waals surface area (Å²) in [4.78, 5) is 11.3. The lowest BCUT2D eigenvalue weighted by molar-refractivity contribution is 0.447. The minimum absolute atomic E-state index is 0.479. The number of aromatic nitrogens is 2. The van der Waals surface area contributed by atoms with Crippen molar-refractivity contribution in [1.29, 1.82) is 0 Å². The highest BCUT2D eigenvalue weighted by Gasteiger charge is 2.22. The minimum atomic E-state index is 0.479. The molecule has 0 aliphatic carbocycles. The predicted octanol–water partition coefficient (Wildman–Crippen LogP) is 5.30. The van der Waals surface area contributed by atoms with Crippen molar-refractivity contribution in [2.75, 3.05) is 16.8 Å². The maximum Gasteiger partial charge on any atom is 0.229 e. The first kappa shape index (κ1) is 16.3. The van der Waals surface area contributed by atoms with Gasteiger partial charge < -0.3 is 10.2 Å². The van der Waals surface area contributed by atoms with Crippen LogP contribution in [0, 0.1) is 0 Å². The highest BCUT2D eigenvalue weighted by molar-refractivity contribution is 6.43. The van der Waals surface area contributed by atoms with E-state index in [2.05, 4.69) is 27.1 Å². The van der Waals surface area contributed by atoms with Crippen molar-refractivity contribution in [3.63, 3.8) is 0 Å². The maximum atomic E-state index is 6.22. The molecule has 0 radical (unpaired) electrons. The van der Waals surface area contributed by atoms with Crippen LogP contribution in [0.4, 0.5) is 17.5 Å². The summed E-state index contributed by atoms with van der Waals surface area (Å²) in [6.07, 6.45) is 6.65. The lowest BCUT2D eigenvalue weighted by Gasteiger charge is -2.36. The number of halogens is 2. The first-order chi connectivity index (χ1) is 11.2. The lowest BCUT2D eigenvalue weighted by Crippen LogP contribution is -2.39. The van der Waals surface area contributed by atoms with Gasteiger partial charge in [0, 0.05) is 18.8 Å². The van der Waals surface area contributed by atoms with Crippen LogP contribution in [0.1, 0.15) is 32.6 Å². The van der Waals surface area contributed by atoms with E-state index in [1.54, 1.807) is 12.3 Å². The number of piperidine rings is 1. The number of nitrogens with zero attached hydrogens (tertiary/aromatic N) is 3. The smallest absolute Gasteiger partial charge is 0.229 e. The number of hydrogen-bond acceptors (Lipinski definition) is 4. The summed E-state index contributed by atoms with van der Waals surface area (Å²) in [6, 6.07) is 7.99. The summed E-state index contributed by atoms with van der Waals surface area (Å²) >= 11 is 12.3. The van der Waals surface area contributed by atoms with Gasteiger partial charge in [-0.1, -0.05) is 36.2 Å². The van der Waals surface area contributed by atoms with Crippen molar-refractivity contribution in [3.05, 3.63) is 40.5 Å². The van der Waals surface area contributed by atoms with Crippen LogP contribution in [0.15, 0.2) is 30.5 Å². The van der Waals surface area contributed by atoms with Gasteiger partial charge in [-0.3, -0.25) is 0 Å². The van der Waals surface area contributed by atoms with E-state index in [1.807, 2.05) is 18.2 Å². The van der Waals surface area contributed by atoms with E-state index in [9.17, 15) is 0 Å². The quantitative estimate of drug-likeness (QED) is 0.812. The molecule has 2 aromatic rings. The molecule has 1 aromatic carbocycles. The largest absolute Gasteiger partial charge is 0.353 e. The molecular formula is C17H20Cl2N4. The van der Waals surface area contributed by atoms with Crippen molar-refractivity contribution in [2.24, 2.45) is 0 Å². The van der Waals surface area contributed by atoms with Crippen molar-refractivity contribution in [3.8, 4) is 0 Å². The molecule has 23 heavy (non-hydrogen) atoms. The predicted molar refractivity (Wildman–Crippen MR) is 97.1 cm³/mol. The average Bonchev–Trinajstić information content (AvgIpc) is 2.59. The molecular weight excluding hydrogens is 331 g/mol. The highest BCUT2D eigenvalue weighted by atomic mass is 35.5. The SMILES string of the molecule is CCC1CCCCN1c1ccnc(Nc2cccc(Cl)c2Cl)n1. The second kappa shape index (κ2) is 7.37. The van der Waals surface area contributed by atoms with E-state index < -0.39 is 0 Å². The van der Waals surface area contributed by atoms with Crippen LogP contribution in [-0.4, -0.2) is 22.6 Å². The van der Waals surface area contributed by atoms with Crippen molar-refractivity contribution in [2.45, 2.75) is 38.6 Å². The summed E-state index contributed by atoms with van der Waals surface area (Å²) in [7, 11) is 0. The van der Waals surface area contributed by atoms with Gasteiger partial charge in [-0.05, 0) is 43.9 Å². The Bertz CT molecular complexity index is 677. The molecule has 1 aromatic heterocycles. The fraction of sp³-hybridized carbons (Fsp3) is 0.412. The van der Waals surface area contributed by atoms with Gasteiger partial charge in [-0.25, -0.2) is 4.98 Å². The lowest BCUT2D eigenvalue weighted by atomic mass is 10.0. The number of nitrogens with one attached hydrogen (secondary N) is 1. The van der Waals surface area contributed by atoms with Gasteiger partial charge >= 0.3 is 0 Å². The Morgan fingerprint density at radius 1 is 1.26 bits per heavy atom. The summed E-state index contributed by atoms with van der Waals surface area (Å²) in [5, 5.41) is 4.15. The van der Waals surface area contributed by atoms with E-state index in [-0.39, 0.29) is 0 Å². The van der Waals surface area contributed by atoms with E-state index in [0.29, 0.717) is 27.7 Å². The zero-order valence-corrected chi connectivity index (χ0v) is 14.6. The molecule has 1 aliphatic heterocycles. The fourth-order valence-electron chi connectivity index (χ4n) is 3.02. The van der Waals surface area contributed by atoms with Gasteiger partial charge in [0.05, 0.1) is 15.7 Å². The molecule has 4 nitrogen and oxygen atoms in total. The third-order valence-electron chi connectivity index (χ3n) is 4.23. The second-order valence-corrected chi connectivity index (χ2v) is 6.50. The van der Waals surface area contributed by atoms with Crippen LogP contribution in [-0.2, 0) is 0 Å². The third-order valence-corrected chi connectivity index (χ3v) is 5.05. The van der Waals surface area contributed by atoms with Gasteiger partial charge in [0.2, 0.25) is 5.95 Å². The van der Waals surface area contributed by atoms with Gasteiger partial charge in [0.1, 0.15) is 5.82 Å². The zero-order valence-electron chi connectivity index (χ0n) is 13.1. The number of anilines is 3. The minimum Gasteiger partial charge on any atom is -0.353 e. The summed E-state index contributed by atoms with van der Waals surface area (Å²) in [6.45, 7) is 3.28. The van der Waals surface area contributed by atoms with E-state index >= 15 is 0 Å². The van der Waals surface area contributed by atoms with Gasteiger partial charge in [0.25, 0.3) is 0 Å². The summed E-state index contributed by atoms with van der Waals surface area (Å²) in [5.41, 5.74) is 0.710. The maximum absolute atomic E-state index is 6.22. The number of hydrogen-bond donors (Lipinski definition) is 1. The van der Waals surface area contributed by atoms with E-state index in [0.717, 1.165) is 18.8 Å². The molecule has 2 heterocycles. The molecule has 1 atom stereocenters. The number of rotatable bonds is 4. The molecule has 0 amide bonds. The summed E-state index contributed by atoms with van der Waals surface area (Å²) < 4.78 is 0. The monoisotopic (exact) mass is 350 g/mol. The standard InChI is InChI=1S/C17H20Cl2N4/c1-2-12-6-3-4-11-23(12)15-9-10-20-17(22-15)21-14-8-5-7-13(18)16(14)19/h5,7-10,12H,2-4,6,11H2,1H3,(H,20,21,22). The average molecular weight is 351 g/mol. The molecule has 1 fully saturated rings. The van der Waals surface area contributed by atoms with Crippen LogP contribution >= 0.6 is 23.2 Å². The first-order valence-corrected chi connectivity index (χ1v) is 8.75. The zero-order chi connectivity index (χ0) is 16.2. The number of benzene rings is 1. The highest BCUT2D eigenvalue weighted by Crippen LogP contribution is 2.31. The molecule has 1 unspecified atom stereocenters. The van der Waals surface area contributed by atoms with Crippen molar-refractivity contribution >= 4 is 40.7 Å². The van der Waals surface area contributed by atoms with E-state index in [1.165, 1.54) is 19.3 Å². The van der Waals surface area contributed by atoms with Crippen LogP contribution in [0.3, 0.4) is 0 Å². The van der Waals surface area contributed by atoms with Crippen LogP contribution in [0.5, 0.6) is 0 Å². The molecule has 1 saturated heterocycles. The third kappa shape index (κ3) is 3.70. The molecule has 0 saturated carbocycles. The first-order valence-electron chi connectivity index (χ1n) is 7.99. The fourth-order valence-corrected chi connectivity index (χ4v) is 3.36. The van der Waals surface area contributed by atoms with Crippen LogP contribution in [0.25, 0.3) is 0 Å². The Balaban J connectivity index is 1.83. The Labute approximate surface area is 146 Å². The van der Waals surface area contributed by atoms with Gasteiger partial charge in [-0.15, -0.1) is 0 Å². The Hall–Kier alpha value is -1.52. The van der Waals surface area contributed by atoms with Crippen LogP contribution in [0.2, 0.25) is 10.0 Å². The van der Waals surface area contributed by atoms with Gasteiger partial charge in [-0.2, -0.15) is 4.98 Å². The molecule has 1 aliphatic rings. The summed E-state index contributed by atoms with van der Waals surface area (Å²) in [5.74, 6) is 1.50. The Kier molecular flexibility index (Phi) is 5.23. The molecule has 6 heteroatoms. The van der Waals surface area contributed by atoms with Crippen LogP contribution < -0.4 is 10.2 Å². The molecule has 0 spiro atoms. The van der Waals surface area contributed by atoms with Crippen molar-refractivity contribution in [1.82, 2.24) is 9.97 Å². The normalized spacial score (nSPS) is 18.0. The molecule has 1 N–H and O–H groups in total. The Morgan fingerprint density at radius 3 is 2.96 bits per heavy atom.